The third kappa shape index (κ3) is 7.03. The van der Waals surface area contributed by atoms with E-state index in [0.29, 0.717) is 28.2 Å². The topological polar surface area (TPSA) is 106 Å². The highest BCUT2D eigenvalue weighted by molar-refractivity contribution is 5.96. The molecule has 33 heavy (non-hydrogen) atoms. The first-order valence-electron chi connectivity index (χ1n) is 10.1. The molecule has 0 bridgehead atoms. The van der Waals surface area contributed by atoms with E-state index < -0.39 is 11.9 Å². The van der Waals surface area contributed by atoms with E-state index >= 15 is 0 Å². The van der Waals surface area contributed by atoms with Gasteiger partial charge in [0.25, 0.3) is 11.8 Å². The summed E-state index contributed by atoms with van der Waals surface area (Å²) in [5.74, 6) is -0.263. The number of esters is 1. The van der Waals surface area contributed by atoms with Crippen LogP contribution >= 0.6 is 0 Å². The van der Waals surface area contributed by atoms with Crippen molar-refractivity contribution in [3.05, 3.63) is 95.1 Å². The molecule has 0 heterocycles. The predicted molar refractivity (Wildman–Crippen MR) is 124 cm³/mol. The van der Waals surface area contributed by atoms with E-state index in [1.165, 1.54) is 6.21 Å². The Labute approximate surface area is 191 Å². The number of methoxy groups -OCH3 is 1. The van der Waals surface area contributed by atoms with Gasteiger partial charge in [-0.05, 0) is 73.2 Å². The van der Waals surface area contributed by atoms with E-state index in [1.54, 1.807) is 73.8 Å². The first-order chi connectivity index (χ1) is 15.9. The van der Waals surface area contributed by atoms with Crippen molar-refractivity contribution in [3.63, 3.8) is 0 Å². The Morgan fingerprint density at radius 2 is 1.61 bits per heavy atom. The molecular formula is C25H23N3O5. The van der Waals surface area contributed by atoms with Crippen LogP contribution in [0.4, 0.5) is 0 Å². The fourth-order valence-corrected chi connectivity index (χ4v) is 2.78. The third-order valence-corrected chi connectivity index (χ3v) is 4.51. The van der Waals surface area contributed by atoms with Gasteiger partial charge in [-0.25, -0.2) is 10.2 Å². The molecule has 0 aliphatic carbocycles. The Hall–Kier alpha value is -4.46. The molecule has 0 atom stereocenters. The largest absolute Gasteiger partial charge is 0.497 e. The Bertz CT molecular complexity index is 1160. The molecule has 8 nitrogen and oxygen atoms in total. The molecule has 168 valence electrons. The van der Waals surface area contributed by atoms with Crippen LogP contribution < -0.4 is 20.2 Å². The maximum Gasteiger partial charge on any atom is 0.343 e. The number of ether oxygens (including phenoxy) is 2. The molecule has 0 aromatic heterocycles. The first kappa shape index (κ1) is 23.2. The third-order valence-electron chi connectivity index (χ3n) is 4.51. The molecule has 3 aromatic rings. The highest BCUT2D eigenvalue weighted by Gasteiger charge is 2.09. The van der Waals surface area contributed by atoms with Crippen LogP contribution in [0.1, 0.15) is 31.8 Å². The van der Waals surface area contributed by atoms with Gasteiger partial charge < -0.3 is 14.8 Å². The second kappa shape index (κ2) is 11.2. The zero-order valence-electron chi connectivity index (χ0n) is 18.2. The molecule has 8 heteroatoms. The number of rotatable bonds is 8. The number of amides is 2. The van der Waals surface area contributed by atoms with Crippen LogP contribution in [0.3, 0.4) is 0 Å². The highest BCUT2D eigenvalue weighted by atomic mass is 16.5. The Balaban J connectivity index is 1.45. The number of nitrogens with zero attached hydrogens (tertiary/aromatic N) is 1. The normalized spacial score (nSPS) is 10.5. The summed E-state index contributed by atoms with van der Waals surface area (Å²) in [6.07, 6.45) is 1.44. The number of carbonyl (C=O) groups excluding carboxylic acids is 3. The maximum atomic E-state index is 12.2. The van der Waals surface area contributed by atoms with Crippen molar-refractivity contribution in [2.24, 2.45) is 5.10 Å². The second-order valence-electron chi connectivity index (χ2n) is 7.03. The van der Waals surface area contributed by atoms with Gasteiger partial charge in [-0.1, -0.05) is 17.7 Å². The summed E-state index contributed by atoms with van der Waals surface area (Å²) in [6, 6.07) is 20.3. The predicted octanol–water partition coefficient (Wildman–Crippen LogP) is 3.10. The van der Waals surface area contributed by atoms with E-state index in [9.17, 15) is 14.4 Å². The van der Waals surface area contributed by atoms with Crippen LogP contribution in [0.15, 0.2) is 77.9 Å². The summed E-state index contributed by atoms with van der Waals surface area (Å²) in [7, 11) is 1.55. The molecule has 0 fully saturated rings. The van der Waals surface area contributed by atoms with E-state index in [1.807, 2.05) is 13.0 Å². The van der Waals surface area contributed by atoms with Crippen molar-refractivity contribution in [1.29, 1.82) is 0 Å². The van der Waals surface area contributed by atoms with E-state index in [4.69, 9.17) is 9.47 Å². The van der Waals surface area contributed by atoms with Gasteiger partial charge in [-0.3, -0.25) is 9.59 Å². The molecular weight excluding hydrogens is 422 g/mol. The molecule has 3 rings (SSSR count). The van der Waals surface area contributed by atoms with Crippen LogP contribution in [0.2, 0.25) is 0 Å². The van der Waals surface area contributed by atoms with Crippen LogP contribution in [-0.2, 0) is 4.79 Å². The SMILES string of the molecule is COc1ccc(C(=O)Oc2ccc(C=NNC(=O)CNC(=O)c3cccc(C)c3)cc2)cc1. The van der Waals surface area contributed by atoms with Gasteiger partial charge >= 0.3 is 5.97 Å². The van der Waals surface area contributed by atoms with Crippen LogP contribution in [0.5, 0.6) is 11.5 Å². The second-order valence-corrected chi connectivity index (χ2v) is 7.03. The molecule has 0 aliphatic rings. The number of hydrogen-bond acceptors (Lipinski definition) is 6. The van der Waals surface area contributed by atoms with Crippen molar-refractivity contribution in [2.75, 3.05) is 13.7 Å². The smallest absolute Gasteiger partial charge is 0.343 e. The van der Waals surface area contributed by atoms with Gasteiger partial charge in [0.2, 0.25) is 0 Å². The first-order valence-corrected chi connectivity index (χ1v) is 10.1. The molecule has 0 spiro atoms. The van der Waals surface area contributed by atoms with Gasteiger partial charge in [0.05, 0.1) is 25.4 Å². The molecule has 0 radical (unpaired) electrons. The summed E-state index contributed by atoms with van der Waals surface area (Å²) < 4.78 is 10.4. The Kier molecular flexibility index (Phi) is 7.91. The molecule has 2 amide bonds. The van der Waals surface area contributed by atoms with Crippen LogP contribution in [0, 0.1) is 6.92 Å². The molecule has 0 aliphatic heterocycles. The zero-order chi connectivity index (χ0) is 23.6. The van der Waals surface area contributed by atoms with Gasteiger partial charge in [0, 0.05) is 5.56 Å². The lowest BCUT2D eigenvalue weighted by Gasteiger charge is -2.06. The number of benzene rings is 3. The van der Waals surface area contributed by atoms with Crippen LogP contribution in [-0.4, -0.2) is 37.7 Å². The summed E-state index contributed by atoms with van der Waals surface area (Å²) in [4.78, 5) is 36.1. The monoisotopic (exact) mass is 445 g/mol. The lowest BCUT2D eigenvalue weighted by Crippen LogP contribution is -2.34. The Morgan fingerprint density at radius 1 is 0.909 bits per heavy atom. The number of hydrogen-bond donors (Lipinski definition) is 2. The minimum absolute atomic E-state index is 0.204. The van der Waals surface area contributed by atoms with Gasteiger partial charge in [0.1, 0.15) is 11.5 Å². The van der Waals surface area contributed by atoms with Crippen molar-refractivity contribution in [1.82, 2.24) is 10.7 Å². The fraction of sp³-hybridized carbons (Fsp3) is 0.120. The molecule has 2 N–H and O–H groups in total. The maximum absolute atomic E-state index is 12.2. The minimum Gasteiger partial charge on any atom is -0.497 e. The lowest BCUT2D eigenvalue weighted by molar-refractivity contribution is -0.120. The fourth-order valence-electron chi connectivity index (χ4n) is 2.78. The standard InChI is InChI=1S/C25H23N3O5/c1-17-4-3-5-20(14-17)24(30)26-16-23(29)28-27-15-18-6-10-22(11-7-18)33-25(31)19-8-12-21(32-2)13-9-19/h3-15H,16H2,1-2H3,(H,26,30)(H,28,29). The summed E-state index contributed by atoms with van der Waals surface area (Å²) in [6.45, 7) is 1.68. The number of aryl methyl sites for hydroxylation is 1. The number of hydrazone groups is 1. The van der Waals surface area contributed by atoms with E-state index in [0.717, 1.165) is 5.56 Å². The number of nitrogens with one attached hydrogen (secondary N) is 2. The van der Waals surface area contributed by atoms with Gasteiger partial charge in [-0.2, -0.15) is 5.10 Å². The van der Waals surface area contributed by atoms with Gasteiger partial charge in [-0.15, -0.1) is 0 Å². The van der Waals surface area contributed by atoms with Crippen LogP contribution in [0.25, 0.3) is 0 Å². The summed E-state index contributed by atoms with van der Waals surface area (Å²) >= 11 is 0. The van der Waals surface area contributed by atoms with E-state index in [-0.39, 0.29) is 12.5 Å². The minimum atomic E-state index is -0.487. The number of carbonyl (C=O) groups is 3. The van der Waals surface area contributed by atoms with Crippen molar-refractivity contribution < 1.29 is 23.9 Å². The van der Waals surface area contributed by atoms with Crippen molar-refractivity contribution >= 4 is 24.0 Å². The summed E-state index contributed by atoms with van der Waals surface area (Å²) in [5, 5.41) is 6.41. The molecule has 0 saturated heterocycles. The average molecular weight is 445 g/mol. The average Bonchev–Trinajstić information content (AvgIpc) is 2.83. The van der Waals surface area contributed by atoms with Crippen molar-refractivity contribution in [2.45, 2.75) is 6.92 Å². The lowest BCUT2D eigenvalue weighted by atomic mass is 10.1. The Morgan fingerprint density at radius 3 is 2.27 bits per heavy atom. The van der Waals surface area contributed by atoms with Gasteiger partial charge in [0.15, 0.2) is 0 Å². The zero-order valence-corrected chi connectivity index (χ0v) is 18.2. The summed E-state index contributed by atoms with van der Waals surface area (Å²) in [5.41, 5.74) is 4.87. The van der Waals surface area contributed by atoms with Crippen molar-refractivity contribution in [3.8, 4) is 11.5 Å². The highest BCUT2D eigenvalue weighted by Crippen LogP contribution is 2.16. The molecule has 0 unspecified atom stereocenters. The quantitative estimate of drug-likeness (QED) is 0.240. The van der Waals surface area contributed by atoms with E-state index in [2.05, 4.69) is 15.8 Å². The molecule has 3 aromatic carbocycles. The molecule has 0 saturated carbocycles.